The summed E-state index contributed by atoms with van der Waals surface area (Å²) in [5, 5.41) is 2.86. The lowest BCUT2D eigenvalue weighted by molar-refractivity contribution is -0.137. The van der Waals surface area contributed by atoms with Gasteiger partial charge in [0.2, 0.25) is 0 Å². The number of nitrogens with zero attached hydrogens (tertiary/aromatic N) is 1. The van der Waals surface area contributed by atoms with Gasteiger partial charge in [0, 0.05) is 24.7 Å². The lowest BCUT2D eigenvalue weighted by Crippen LogP contribution is -2.28. The van der Waals surface area contributed by atoms with Crippen LogP contribution in [0.1, 0.15) is 34.1 Å². The fourth-order valence-corrected chi connectivity index (χ4v) is 2.44. The van der Waals surface area contributed by atoms with Crippen molar-refractivity contribution >= 4 is 17.5 Å². The molecule has 130 valence electrons. The minimum atomic E-state index is -4.59. The van der Waals surface area contributed by atoms with E-state index in [-0.39, 0.29) is 6.54 Å². The van der Waals surface area contributed by atoms with E-state index in [0.717, 1.165) is 12.1 Å². The number of benzene rings is 1. The molecular formula is C18H14ClF3N2O. The molecule has 1 amide bonds. The van der Waals surface area contributed by atoms with Crippen molar-refractivity contribution < 1.29 is 18.0 Å². The zero-order chi connectivity index (χ0) is 18.4. The number of amides is 1. The summed E-state index contributed by atoms with van der Waals surface area (Å²) in [6, 6.07) is 6.30. The molecule has 0 saturated heterocycles. The summed E-state index contributed by atoms with van der Waals surface area (Å²) >= 11 is 6.09. The fourth-order valence-electron chi connectivity index (χ4n) is 2.18. The molecule has 1 N–H and O–H groups in total. The van der Waals surface area contributed by atoms with E-state index in [9.17, 15) is 18.0 Å². The van der Waals surface area contributed by atoms with Crippen molar-refractivity contribution in [1.29, 1.82) is 0 Å². The highest BCUT2D eigenvalue weighted by atomic mass is 35.5. The molecule has 1 heterocycles. The number of hydrogen-bond donors (Lipinski definition) is 1. The monoisotopic (exact) mass is 366 g/mol. The maximum atomic E-state index is 12.9. The molecule has 0 fully saturated rings. The number of rotatable bonds is 4. The third kappa shape index (κ3) is 4.97. The molecular weight excluding hydrogens is 353 g/mol. The van der Waals surface area contributed by atoms with Crippen LogP contribution in [0, 0.1) is 11.8 Å². The van der Waals surface area contributed by atoms with Crippen LogP contribution in [0.4, 0.5) is 13.2 Å². The van der Waals surface area contributed by atoms with Crippen LogP contribution >= 0.6 is 11.6 Å². The highest BCUT2D eigenvalue weighted by Gasteiger charge is 2.34. The van der Waals surface area contributed by atoms with E-state index in [1.807, 2.05) is 0 Å². The predicted molar refractivity (Wildman–Crippen MR) is 89.3 cm³/mol. The summed E-state index contributed by atoms with van der Waals surface area (Å²) in [4.78, 5) is 16.2. The standard InChI is InChI=1S/C18H14ClF3N2O/c1-2-5-12-10-15(19)16(24-11-12)8-9-23-17(25)13-6-3-4-7-14(13)18(20,21)22/h3-4,6-7,10-11H,8-9H2,1H3,(H,23,25). The second-order valence-corrected chi connectivity index (χ2v) is 5.48. The first-order valence-electron chi connectivity index (χ1n) is 7.34. The number of aromatic nitrogens is 1. The predicted octanol–water partition coefficient (Wildman–Crippen LogP) is 4.10. The van der Waals surface area contributed by atoms with Crippen molar-refractivity contribution in [3.05, 3.63) is 63.9 Å². The highest BCUT2D eigenvalue weighted by Crippen LogP contribution is 2.31. The zero-order valence-corrected chi connectivity index (χ0v) is 14.0. The first-order chi connectivity index (χ1) is 11.8. The molecule has 1 aromatic carbocycles. The van der Waals surface area contributed by atoms with Crippen LogP contribution in [0.25, 0.3) is 0 Å². The van der Waals surface area contributed by atoms with Gasteiger partial charge in [-0.2, -0.15) is 13.2 Å². The Hall–Kier alpha value is -2.52. The summed E-state index contributed by atoms with van der Waals surface area (Å²) in [7, 11) is 0. The fraction of sp³-hybridized carbons (Fsp3) is 0.222. The van der Waals surface area contributed by atoms with Gasteiger partial charge in [-0.15, -0.1) is 5.92 Å². The smallest absolute Gasteiger partial charge is 0.352 e. The van der Waals surface area contributed by atoms with Gasteiger partial charge in [0.25, 0.3) is 5.91 Å². The Morgan fingerprint density at radius 1 is 1.32 bits per heavy atom. The molecule has 0 unspecified atom stereocenters. The van der Waals surface area contributed by atoms with Crippen molar-refractivity contribution in [3.8, 4) is 11.8 Å². The second kappa shape index (κ2) is 8.04. The summed E-state index contributed by atoms with van der Waals surface area (Å²) in [5.74, 6) is 4.75. The van der Waals surface area contributed by atoms with Gasteiger partial charge < -0.3 is 5.32 Å². The van der Waals surface area contributed by atoms with Crippen LogP contribution in [0.15, 0.2) is 36.5 Å². The molecule has 0 saturated carbocycles. The molecule has 0 spiro atoms. The molecule has 0 aliphatic carbocycles. The molecule has 1 aromatic heterocycles. The van der Waals surface area contributed by atoms with Gasteiger partial charge in [-0.05, 0) is 25.1 Å². The number of alkyl halides is 3. The SMILES string of the molecule is CC#Cc1cnc(CCNC(=O)c2ccccc2C(F)(F)F)c(Cl)c1. The van der Waals surface area contributed by atoms with Gasteiger partial charge in [0.05, 0.1) is 21.8 Å². The Labute approximate surface area is 148 Å². The molecule has 2 aromatic rings. The van der Waals surface area contributed by atoms with Crippen molar-refractivity contribution in [1.82, 2.24) is 10.3 Å². The molecule has 0 aliphatic heterocycles. The zero-order valence-electron chi connectivity index (χ0n) is 13.2. The van der Waals surface area contributed by atoms with Crippen molar-refractivity contribution in [2.75, 3.05) is 6.54 Å². The lowest BCUT2D eigenvalue weighted by Gasteiger charge is -2.12. The minimum absolute atomic E-state index is 0.108. The third-order valence-electron chi connectivity index (χ3n) is 3.31. The second-order valence-electron chi connectivity index (χ2n) is 5.08. The van der Waals surface area contributed by atoms with Crippen LogP contribution < -0.4 is 5.32 Å². The number of halogens is 4. The summed E-state index contributed by atoms with van der Waals surface area (Å²) in [6.07, 6.45) is -2.74. The lowest BCUT2D eigenvalue weighted by atomic mass is 10.1. The highest BCUT2D eigenvalue weighted by molar-refractivity contribution is 6.31. The summed E-state index contributed by atoms with van der Waals surface area (Å²) in [5.41, 5.74) is -0.180. The average molecular weight is 367 g/mol. The van der Waals surface area contributed by atoms with Crippen LogP contribution in [-0.2, 0) is 12.6 Å². The molecule has 0 radical (unpaired) electrons. The molecule has 25 heavy (non-hydrogen) atoms. The molecule has 0 atom stereocenters. The van der Waals surface area contributed by atoms with Crippen LogP contribution in [0.3, 0.4) is 0 Å². The number of nitrogens with one attached hydrogen (secondary N) is 1. The van der Waals surface area contributed by atoms with Gasteiger partial charge in [0.1, 0.15) is 0 Å². The molecule has 7 heteroatoms. The van der Waals surface area contributed by atoms with Gasteiger partial charge in [-0.25, -0.2) is 0 Å². The normalized spacial score (nSPS) is 10.8. The van der Waals surface area contributed by atoms with Gasteiger partial charge in [-0.1, -0.05) is 29.7 Å². The summed E-state index contributed by atoms with van der Waals surface area (Å²) in [6.45, 7) is 1.80. The van der Waals surface area contributed by atoms with Gasteiger partial charge >= 0.3 is 6.18 Å². The molecule has 0 aliphatic rings. The maximum absolute atomic E-state index is 12.9. The Balaban J connectivity index is 2.03. The van der Waals surface area contributed by atoms with Crippen LogP contribution in [0.5, 0.6) is 0 Å². The maximum Gasteiger partial charge on any atom is 0.417 e. The quantitative estimate of drug-likeness (QED) is 0.828. The Morgan fingerprint density at radius 3 is 2.68 bits per heavy atom. The van der Waals surface area contributed by atoms with Crippen molar-refractivity contribution in [2.45, 2.75) is 19.5 Å². The number of hydrogen-bond acceptors (Lipinski definition) is 2. The van der Waals surface area contributed by atoms with Crippen molar-refractivity contribution in [2.24, 2.45) is 0 Å². The van der Waals surface area contributed by atoms with E-state index in [4.69, 9.17) is 11.6 Å². The van der Waals surface area contributed by atoms with E-state index in [0.29, 0.717) is 22.7 Å². The minimum Gasteiger partial charge on any atom is -0.352 e. The number of carbonyl (C=O) groups excluding carboxylic acids is 1. The van der Waals surface area contributed by atoms with Crippen LogP contribution in [0.2, 0.25) is 5.02 Å². The van der Waals surface area contributed by atoms with Crippen LogP contribution in [-0.4, -0.2) is 17.4 Å². The van der Waals surface area contributed by atoms with E-state index < -0.39 is 23.2 Å². The first kappa shape index (κ1) is 18.8. The number of carbonyl (C=O) groups is 1. The van der Waals surface area contributed by atoms with Gasteiger partial charge in [0.15, 0.2) is 0 Å². The summed E-state index contributed by atoms with van der Waals surface area (Å²) < 4.78 is 38.8. The molecule has 3 nitrogen and oxygen atoms in total. The van der Waals surface area contributed by atoms with E-state index >= 15 is 0 Å². The third-order valence-corrected chi connectivity index (χ3v) is 3.64. The van der Waals surface area contributed by atoms with Crippen molar-refractivity contribution in [3.63, 3.8) is 0 Å². The van der Waals surface area contributed by atoms with E-state index in [1.54, 1.807) is 19.2 Å². The molecule has 2 rings (SSSR count). The largest absolute Gasteiger partial charge is 0.417 e. The average Bonchev–Trinajstić information content (AvgIpc) is 2.56. The topological polar surface area (TPSA) is 42.0 Å². The van der Waals surface area contributed by atoms with E-state index in [1.165, 1.54) is 12.1 Å². The number of pyridine rings is 1. The van der Waals surface area contributed by atoms with E-state index in [2.05, 4.69) is 22.1 Å². The first-order valence-corrected chi connectivity index (χ1v) is 7.72. The Morgan fingerprint density at radius 2 is 2.04 bits per heavy atom. The van der Waals surface area contributed by atoms with Gasteiger partial charge in [-0.3, -0.25) is 9.78 Å². The Kier molecular flexibility index (Phi) is 6.05. The molecule has 0 bridgehead atoms. The Bertz CT molecular complexity index is 838.